The second kappa shape index (κ2) is 8.86. The van der Waals surface area contributed by atoms with Crippen molar-refractivity contribution in [3.63, 3.8) is 0 Å². The minimum Gasteiger partial charge on any atom is -0.493 e. The molecule has 0 fully saturated rings. The Kier molecular flexibility index (Phi) is 6.07. The van der Waals surface area contributed by atoms with Crippen molar-refractivity contribution < 1.29 is 23.8 Å². The highest BCUT2D eigenvalue weighted by Gasteiger charge is 2.28. The van der Waals surface area contributed by atoms with E-state index in [2.05, 4.69) is 0 Å². The van der Waals surface area contributed by atoms with Gasteiger partial charge in [0.1, 0.15) is 5.56 Å². The van der Waals surface area contributed by atoms with Gasteiger partial charge in [-0.15, -0.1) is 0 Å². The normalized spacial score (nSPS) is 11.4. The third-order valence-corrected chi connectivity index (χ3v) is 4.25. The Morgan fingerprint density at radius 2 is 1.39 bits per heavy atom. The summed E-state index contributed by atoms with van der Waals surface area (Å²) in [4.78, 5) is 26.0. The molecule has 3 aromatic carbocycles. The average Bonchev–Trinajstić information content (AvgIpc) is 2.77. The molecule has 0 bridgehead atoms. The van der Waals surface area contributed by atoms with Crippen molar-refractivity contribution in [3.05, 3.63) is 95.6 Å². The quantitative estimate of drug-likeness (QED) is 0.449. The van der Waals surface area contributed by atoms with Crippen molar-refractivity contribution in [2.45, 2.75) is 6.10 Å². The van der Waals surface area contributed by atoms with Crippen LogP contribution in [0.1, 0.15) is 32.4 Å². The average molecular weight is 376 g/mol. The summed E-state index contributed by atoms with van der Waals surface area (Å²) < 4.78 is 16.2. The Morgan fingerprint density at radius 1 is 0.750 bits per heavy atom. The monoisotopic (exact) mass is 376 g/mol. The minimum absolute atomic E-state index is 0.184. The molecule has 1 atom stereocenters. The summed E-state index contributed by atoms with van der Waals surface area (Å²) in [6, 6.07) is 22.6. The van der Waals surface area contributed by atoms with Crippen molar-refractivity contribution in [1.82, 2.24) is 0 Å². The first kappa shape index (κ1) is 19.2. The van der Waals surface area contributed by atoms with Gasteiger partial charge in [-0.3, -0.25) is 4.79 Å². The fourth-order valence-electron chi connectivity index (χ4n) is 2.87. The lowest BCUT2D eigenvalue weighted by atomic mass is 9.99. The summed E-state index contributed by atoms with van der Waals surface area (Å²) in [5.41, 5.74) is 1.23. The molecule has 0 aliphatic heterocycles. The Hall–Kier alpha value is -3.60. The molecule has 3 rings (SSSR count). The third-order valence-electron chi connectivity index (χ3n) is 4.25. The van der Waals surface area contributed by atoms with E-state index in [9.17, 15) is 9.59 Å². The van der Waals surface area contributed by atoms with E-state index in [1.54, 1.807) is 66.7 Å². The number of methoxy groups -OCH3 is 2. The van der Waals surface area contributed by atoms with E-state index in [1.807, 2.05) is 12.1 Å². The lowest BCUT2D eigenvalue weighted by Gasteiger charge is -2.19. The highest BCUT2D eigenvalue weighted by atomic mass is 16.6. The molecule has 0 amide bonds. The van der Waals surface area contributed by atoms with Crippen LogP contribution in [0.2, 0.25) is 0 Å². The number of ether oxygens (including phenoxy) is 3. The zero-order valence-corrected chi connectivity index (χ0v) is 15.6. The van der Waals surface area contributed by atoms with Gasteiger partial charge in [0.05, 0.1) is 14.2 Å². The van der Waals surface area contributed by atoms with E-state index in [4.69, 9.17) is 14.2 Å². The highest BCUT2D eigenvalue weighted by molar-refractivity contribution is 6.02. The van der Waals surface area contributed by atoms with Crippen LogP contribution in [0.15, 0.2) is 78.9 Å². The van der Waals surface area contributed by atoms with E-state index in [1.165, 1.54) is 14.2 Å². The molecule has 0 unspecified atom stereocenters. The van der Waals surface area contributed by atoms with Gasteiger partial charge < -0.3 is 14.2 Å². The van der Waals surface area contributed by atoms with Crippen LogP contribution in [0.5, 0.6) is 11.5 Å². The second-order valence-corrected chi connectivity index (χ2v) is 5.97. The van der Waals surface area contributed by atoms with Gasteiger partial charge in [0, 0.05) is 11.1 Å². The number of Topliss-reactive ketones (excluding diaryl/α,β-unsaturated/α-hetero) is 1. The van der Waals surface area contributed by atoms with E-state index in [-0.39, 0.29) is 17.1 Å². The number of ketones is 1. The maximum atomic E-state index is 13.1. The Labute approximate surface area is 163 Å². The van der Waals surface area contributed by atoms with Gasteiger partial charge in [0.25, 0.3) is 0 Å². The maximum absolute atomic E-state index is 13.1. The SMILES string of the molecule is COc1cccc(C(=O)O[C@@H](C(=O)c2ccccc2)c2ccccc2)c1OC. The molecule has 0 saturated heterocycles. The summed E-state index contributed by atoms with van der Waals surface area (Å²) in [6.07, 6.45) is -1.08. The van der Waals surface area contributed by atoms with Gasteiger partial charge >= 0.3 is 5.97 Å². The predicted molar refractivity (Wildman–Crippen MR) is 105 cm³/mol. The fraction of sp³-hybridized carbons (Fsp3) is 0.130. The van der Waals surface area contributed by atoms with Gasteiger partial charge in [-0.2, -0.15) is 0 Å². The van der Waals surface area contributed by atoms with Gasteiger partial charge in [-0.1, -0.05) is 66.7 Å². The van der Waals surface area contributed by atoms with Crippen molar-refractivity contribution >= 4 is 11.8 Å². The molecular formula is C23H20O5. The van der Waals surface area contributed by atoms with Crippen LogP contribution in [-0.4, -0.2) is 26.0 Å². The molecule has 142 valence electrons. The van der Waals surface area contributed by atoms with Crippen LogP contribution in [0.3, 0.4) is 0 Å². The first-order valence-corrected chi connectivity index (χ1v) is 8.72. The molecule has 0 aliphatic rings. The molecule has 5 heteroatoms. The Balaban J connectivity index is 1.97. The van der Waals surface area contributed by atoms with E-state index in [0.29, 0.717) is 16.9 Å². The van der Waals surface area contributed by atoms with Crippen LogP contribution in [0.25, 0.3) is 0 Å². The Morgan fingerprint density at radius 3 is 2.00 bits per heavy atom. The molecule has 0 spiro atoms. The summed E-state index contributed by atoms with van der Waals surface area (Å²) in [5, 5.41) is 0. The summed E-state index contributed by atoms with van der Waals surface area (Å²) in [5.74, 6) is -0.313. The molecule has 28 heavy (non-hydrogen) atoms. The van der Waals surface area contributed by atoms with Gasteiger partial charge in [0.2, 0.25) is 5.78 Å². The van der Waals surface area contributed by atoms with Crippen molar-refractivity contribution in [3.8, 4) is 11.5 Å². The summed E-state index contributed by atoms with van der Waals surface area (Å²) >= 11 is 0. The number of para-hydroxylation sites is 1. The van der Waals surface area contributed by atoms with Gasteiger partial charge in [-0.25, -0.2) is 4.79 Å². The molecule has 3 aromatic rings. The maximum Gasteiger partial charge on any atom is 0.343 e. The molecular weight excluding hydrogens is 356 g/mol. The zero-order valence-electron chi connectivity index (χ0n) is 15.6. The second-order valence-electron chi connectivity index (χ2n) is 5.97. The molecule has 0 heterocycles. The van der Waals surface area contributed by atoms with Crippen molar-refractivity contribution in [2.75, 3.05) is 14.2 Å². The molecule has 0 aliphatic carbocycles. The molecule has 0 radical (unpaired) electrons. The fourth-order valence-corrected chi connectivity index (χ4v) is 2.87. The molecule has 5 nitrogen and oxygen atoms in total. The standard InChI is InChI=1S/C23H20O5/c1-26-19-15-9-14-18(22(19)27-2)23(25)28-21(17-12-7-4-8-13-17)20(24)16-10-5-3-6-11-16/h3-15,21H,1-2H3/t21-/m1/s1. The lowest BCUT2D eigenvalue weighted by molar-refractivity contribution is 0.0276. The van der Waals surface area contributed by atoms with Gasteiger partial charge in [0.15, 0.2) is 17.6 Å². The van der Waals surface area contributed by atoms with Crippen LogP contribution < -0.4 is 9.47 Å². The smallest absolute Gasteiger partial charge is 0.343 e. The van der Waals surface area contributed by atoms with Crippen LogP contribution in [-0.2, 0) is 4.74 Å². The van der Waals surface area contributed by atoms with Crippen molar-refractivity contribution in [1.29, 1.82) is 0 Å². The number of rotatable bonds is 7. The van der Waals surface area contributed by atoms with Crippen molar-refractivity contribution in [2.24, 2.45) is 0 Å². The van der Waals surface area contributed by atoms with E-state index < -0.39 is 12.1 Å². The minimum atomic E-state index is -1.08. The number of carbonyl (C=O) groups is 2. The summed E-state index contributed by atoms with van der Waals surface area (Å²) in [7, 11) is 2.93. The molecule has 0 N–H and O–H groups in total. The van der Waals surface area contributed by atoms with Crippen LogP contribution >= 0.6 is 0 Å². The highest BCUT2D eigenvalue weighted by Crippen LogP contribution is 2.33. The van der Waals surface area contributed by atoms with Gasteiger partial charge in [-0.05, 0) is 12.1 Å². The van der Waals surface area contributed by atoms with E-state index >= 15 is 0 Å². The number of carbonyl (C=O) groups excluding carboxylic acids is 2. The number of hydrogen-bond acceptors (Lipinski definition) is 5. The van der Waals surface area contributed by atoms with Crippen LogP contribution in [0.4, 0.5) is 0 Å². The lowest BCUT2D eigenvalue weighted by Crippen LogP contribution is -2.20. The van der Waals surface area contributed by atoms with Crippen LogP contribution in [0, 0.1) is 0 Å². The summed E-state index contributed by atoms with van der Waals surface area (Å²) in [6.45, 7) is 0. The first-order valence-electron chi connectivity index (χ1n) is 8.72. The number of benzene rings is 3. The number of hydrogen-bond donors (Lipinski definition) is 0. The largest absolute Gasteiger partial charge is 0.493 e. The topological polar surface area (TPSA) is 61.8 Å². The zero-order chi connectivity index (χ0) is 19.9. The predicted octanol–water partition coefficient (Wildman–Crippen LogP) is 4.48. The number of esters is 1. The Bertz CT molecular complexity index is 951. The third kappa shape index (κ3) is 4.04. The first-order chi connectivity index (χ1) is 13.7. The molecule has 0 aromatic heterocycles. The van der Waals surface area contributed by atoms with E-state index in [0.717, 1.165) is 0 Å². The molecule has 0 saturated carbocycles.